The molecule has 0 N–H and O–H groups in total. The van der Waals surface area contributed by atoms with E-state index in [2.05, 4.69) is 48.5 Å². The number of fused-ring (bicyclic) bond motifs is 5. The summed E-state index contributed by atoms with van der Waals surface area (Å²) in [5, 5.41) is 5.64. The van der Waals surface area contributed by atoms with Crippen LogP contribution in [0, 0.1) is 0 Å². The molecule has 0 saturated heterocycles. The Labute approximate surface area is 146 Å². The highest BCUT2D eigenvalue weighted by Crippen LogP contribution is 2.33. The standard InChI is InChI=1S/C18H16.CHCl3/c1-3-7-15-13(5-1)9-11-18-16-8-4-2-6-14(16)10-12-17(15)18;2-1(3)4/h1,3,5,7,9-12H,2,4,6,8H2;1H. The average molecular weight is 352 g/mol. The molecule has 0 saturated carbocycles. The molecule has 1 aliphatic rings. The summed E-state index contributed by atoms with van der Waals surface area (Å²) in [7, 11) is 0. The number of aryl methyl sites for hydroxylation is 2. The third-order valence-corrected chi connectivity index (χ3v) is 4.26. The van der Waals surface area contributed by atoms with Gasteiger partial charge in [-0.05, 0) is 58.4 Å². The summed E-state index contributed by atoms with van der Waals surface area (Å²) in [5.41, 5.74) is 3.17. The van der Waals surface area contributed by atoms with Gasteiger partial charge < -0.3 is 0 Å². The van der Waals surface area contributed by atoms with E-state index in [9.17, 15) is 0 Å². The molecule has 3 heteroatoms. The Morgan fingerprint density at radius 1 is 0.682 bits per heavy atom. The van der Waals surface area contributed by atoms with Gasteiger partial charge >= 0.3 is 0 Å². The Bertz CT molecular complexity index is 790. The third kappa shape index (κ3) is 3.35. The van der Waals surface area contributed by atoms with Gasteiger partial charge in [-0.25, -0.2) is 0 Å². The van der Waals surface area contributed by atoms with E-state index in [-0.39, 0.29) is 0 Å². The molecule has 0 spiro atoms. The minimum atomic E-state index is -0.750. The molecule has 3 aromatic carbocycles. The van der Waals surface area contributed by atoms with Crippen molar-refractivity contribution in [2.45, 2.75) is 30.0 Å². The number of hydrogen-bond acceptors (Lipinski definition) is 0. The van der Waals surface area contributed by atoms with Gasteiger partial charge in [0.05, 0.1) is 0 Å². The Morgan fingerprint density at radius 2 is 1.36 bits per heavy atom. The first-order valence-corrected chi connectivity index (χ1v) is 8.82. The largest absolute Gasteiger partial charge is 0.180 e. The van der Waals surface area contributed by atoms with Crippen LogP contribution in [-0.2, 0) is 12.8 Å². The zero-order valence-corrected chi connectivity index (χ0v) is 14.4. The normalized spacial score (nSPS) is 13.8. The zero-order valence-electron chi connectivity index (χ0n) is 12.2. The second kappa shape index (κ2) is 7.08. The Hall–Kier alpha value is -0.950. The number of alkyl halides is 3. The maximum absolute atomic E-state index is 4.81. The van der Waals surface area contributed by atoms with Crippen LogP contribution in [0.5, 0.6) is 0 Å². The number of benzene rings is 3. The monoisotopic (exact) mass is 350 g/mol. The van der Waals surface area contributed by atoms with Gasteiger partial charge in [0.1, 0.15) is 0 Å². The van der Waals surface area contributed by atoms with E-state index in [0.717, 1.165) is 0 Å². The van der Waals surface area contributed by atoms with E-state index in [1.54, 1.807) is 11.1 Å². The van der Waals surface area contributed by atoms with E-state index in [1.165, 1.54) is 47.2 Å². The molecule has 0 fully saturated rings. The van der Waals surface area contributed by atoms with Crippen LogP contribution in [0.1, 0.15) is 24.0 Å². The molecule has 0 heterocycles. The molecule has 0 aliphatic heterocycles. The lowest BCUT2D eigenvalue weighted by Crippen LogP contribution is -2.02. The number of rotatable bonds is 0. The summed E-state index contributed by atoms with van der Waals surface area (Å²) in [6.45, 7) is 0. The lowest BCUT2D eigenvalue weighted by atomic mass is 9.86. The third-order valence-electron chi connectivity index (χ3n) is 4.26. The molecule has 1 aliphatic carbocycles. The van der Waals surface area contributed by atoms with E-state index >= 15 is 0 Å². The first kappa shape index (κ1) is 15.9. The van der Waals surface area contributed by atoms with E-state index in [1.807, 2.05) is 0 Å². The highest BCUT2D eigenvalue weighted by molar-refractivity contribution is 6.63. The molecule has 0 bridgehead atoms. The Morgan fingerprint density at radius 3 is 2.18 bits per heavy atom. The number of halogens is 3. The molecule has 0 unspecified atom stereocenters. The summed E-state index contributed by atoms with van der Waals surface area (Å²) < 4.78 is -0.750. The minimum absolute atomic E-state index is 0.750. The number of hydrogen-bond donors (Lipinski definition) is 0. The van der Waals surface area contributed by atoms with Crippen molar-refractivity contribution < 1.29 is 0 Å². The fourth-order valence-corrected chi connectivity index (χ4v) is 3.34. The van der Waals surface area contributed by atoms with Gasteiger partial charge in [0.15, 0.2) is 4.30 Å². The van der Waals surface area contributed by atoms with Gasteiger partial charge in [-0.15, -0.1) is 0 Å². The smallest absolute Gasteiger partial charge is 0.0874 e. The summed E-state index contributed by atoms with van der Waals surface area (Å²) in [4.78, 5) is 0. The molecule has 0 aromatic heterocycles. The Kier molecular flexibility index (Phi) is 5.13. The molecule has 0 amide bonds. The van der Waals surface area contributed by atoms with Crippen molar-refractivity contribution in [2.75, 3.05) is 0 Å². The molecule has 22 heavy (non-hydrogen) atoms. The molecule has 0 atom stereocenters. The first-order chi connectivity index (χ1) is 10.7. The highest BCUT2D eigenvalue weighted by atomic mass is 35.6. The van der Waals surface area contributed by atoms with Crippen molar-refractivity contribution in [2.24, 2.45) is 0 Å². The second-order valence-corrected chi connectivity index (χ2v) is 7.52. The van der Waals surface area contributed by atoms with Crippen LogP contribution in [0.15, 0.2) is 48.5 Å². The fourth-order valence-electron chi connectivity index (χ4n) is 3.34. The van der Waals surface area contributed by atoms with Crippen LogP contribution in [-0.4, -0.2) is 4.30 Å². The van der Waals surface area contributed by atoms with Crippen molar-refractivity contribution in [3.63, 3.8) is 0 Å². The van der Waals surface area contributed by atoms with Crippen LogP contribution >= 0.6 is 34.8 Å². The summed E-state index contributed by atoms with van der Waals surface area (Å²) in [6, 6.07) is 18.0. The maximum atomic E-state index is 4.81. The molecule has 0 radical (unpaired) electrons. The van der Waals surface area contributed by atoms with E-state index in [0.29, 0.717) is 0 Å². The fraction of sp³-hybridized carbons (Fsp3) is 0.263. The predicted molar refractivity (Wildman–Crippen MR) is 99.4 cm³/mol. The zero-order chi connectivity index (χ0) is 15.5. The summed E-state index contributed by atoms with van der Waals surface area (Å²) in [5.74, 6) is 0. The van der Waals surface area contributed by atoms with Crippen molar-refractivity contribution >= 4 is 56.3 Å². The average Bonchev–Trinajstić information content (AvgIpc) is 2.54. The molecular formula is C19H17Cl3. The Balaban J connectivity index is 0.000000325. The molecule has 0 nitrogen and oxygen atoms in total. The van der Waals surface area contributed by atoms with Gasteiger partial charge in [-0.2, -0.15) is 0 Å². The summed E-state index contributed by atoms with van der Waals surface area (Å²) in [6.07, 6.45) is 5.22. The first-order valence-electron chi connectivity index (χ1n) is 7.51. The van der Waals surface area contributed by atoms with Crippen molar-refractivity contribution in [1.29, 1.82) is 0 Å². The van der Waals surface area contributed by atoms with Crippen LogP contribution in [0.3, 0.4) is 0 Å². The van der Waals surface area contributed by atoms with Gasteiger partial charge in [0.25, 0.3) is 0 Å². The summed E-state index contributed by atoms with van der Waals surface area (Å²) >= 11 is 14.4. The molecule has 4 rings (SSSR count). The highest BCUT2D eigenvalue weighted by Gasteiger charge is 2.13. The molecular weight excluding hydrogens is 335 g/mol. The lowest BCUT2D eigenvalue weighted by Gasteiger charge is -2.18. The van der Waals surface area contributed by atoms with Crippen molar-refractivity contribution in [3.05, 3.63) is 59.7 Å². The van der Waals surface area contributed by atoms with Gasteiger partial charge in [0, 0.05) is 0 Å². The SMILES string of the molecule is ClC(Cl)Cl.c1ccc2c(c1)ccc1c3c(ccc12)CCCC3. The quantitative estimate of drug-likeness (QED) is 0.306. The second-order valence-electron chi connectivity index (χ2n) is 5.54. The van der Waals surface area contributed by atoms with Gasteiger partial charge in [0.2, 0.25) is 0 Å². The lowest BCUT2D eigenvalue weighted by molar-refractivity contribution is 0.690. The van der Waals surface area contributed by atoms with Gasteiger partial charge in [-0.3, -0.25) is 0 Å². The van der Waals surface area contributed by atoms with Crippen molar-refractivity contribution in [3.8, 4) is 0 Å². The molecule has 114 valence electrons. The maximum Gasteiger partial charge on any atom is 0.180 e. The molecule has 3 aromatic rings. The predicted octanol–water partition coefficient (Wildman–Crippen LogP) is 6.86. The van der Waals surface area contributed by atoms with Crippen LogP contribution in [0.2, 0.25) is 0 Å². The van der Waals surface area contributed by atoms with Gasteiger partial charge in [-0.1, -0.05) is 83.3 Å². The van der Waals surface area contributed by atoms with E-state index in [4.69, 9.17) is 34.8 Å². The van der Waals surface area contributed by atoms with Crippen LogP contribution in [0.25, 0.3) is 21.5 Å². The minimum Gasteiger partial charge on any atom is -0.0874 e. The van der Waals surface area contributed by atoms with E-state index < -0.39 is 4.30 Å². The van der Waals surface area contributed by atoms with Crippen LogP contribution in [0.4, 0.5) is 0 Å². The van der Waals surface area contributed by atoms with Crippen molar-refractivity contribution in [1.82, 2.24) is 0 Å². The topological polar surface area (TPSA) is 0 Å². The van der Waals surface area contributed by atoms with Crippen LogP contribution < -0.4 is 0 Å².